The van der Waals surface area contributed by atoms with E-state index in [0.29, 0.717) is 32.0 Å². The van der Waals surface area contributed by atoms with Gasteiger partial charge in [0.25, 0.3) is 5.91 Å². The van der Waals surface area contributed by atoms with Gasteiger partial charge in [-0.25, -0.2) is 8.42 Å². The van der Waals surface area contributed by atoms with Gasteiger partial charge in [-0.3, -0.25) is 4.79 Å². The van der Waals surface area contributed by atoms with Crippen molar-refractivity contribution in [2.75, 3.05) is 31.6 Å². The van der Waals surface area contributed by atoms with E-state index < -0.39 is 10.0 Å². The minimum Gasteiger partial charge on any atom is -0.379 e. The van der Waals surface area contributed by atoms with Crippen LogP contribution in [-0.4, -0.2) is 44.9 Å². The molecule has 1 aromatic carbocycles. The first-order valence-corrected chi connectivity index (χ1v) is 11.2. The van der Waals surface area contributed by atoms with Crippen molar-refractivity contribution in [3.63, 3.8) is 0 Å². The number of sulfonamides is 1. The molecule has 0 aliphatic carbocycles. The van der Waals surface area contributed by atoms with Gasteiger partial charge in [-0.2, -0.15) is 8.87 Å². The maximum Gasteiger partial charge on any atom is 0.290 e. The van der Waals surface area contributed by atoms with E-state index in [4.69, 9.17) is 4.74 Å². The number of carbonyl (C=O) groups excluding carboxylic acids is 1. The summed E-state index contributed by atoms with van der Waals surface area (Å²) in [6.07, 6.45) is 2.86. The van der Waals surface area contributed by atoms with Crippen molar-refractivity contribution in [2.24, 2.45) is 0 Å². The summed E-state index contributed by atoms with van der Waals surface area (Å²) in [5.41, 5.74) is 3.45. The Labute approximate surface area is 172 Å². The number of aromatic nitrogens is 1. The van der Waals surface area contributed by atoms with E-state index in [9.17, 15) is 13.2 Å². The lowest BCUT2D eigenvalue weighted by molar-refractivity contribution is -0.690. The standard InChI is InChI=1S/C21H27N3O4S/c1-4-18-7-6-17(3)23(14-18)15-21(25)22-20-13-19(8-5-16(20)2)29(26,27)24-9-11-28-12-10-24/h5-8,13-14H,4,9-12,15H2,1-3H3/p+1. The summed E-state index contributed by atoms with van der Waals surface area (Å²) in [6.45, 7) is 7.48. The van der Waals surface area contributed by atoms with Gasteiger partial charge in [0.05, 0.1) is 18.1 Å². The van der Waals surface area contributed by atoms with Crippen LogP contribution in [0.25, 0.3) is 0 Å². The third kappa shape index (κ3) is 5.01. The van der Waals surface area contributed by atoms with E-state index in [1.54, 1.807) is 12.1 Å². The average Bonchev–Trinajstić information content (AvgIpc) is 2.71. The largest absolute Gasteiger partial charge is 0.379 e. The topological polar surface area (TPSA) is 79.6 Å². The zero-order chi connectivity index (χ0) is 21.0. The third-order valence-corrected chi connectivity index (χ3v) is 7.02. The molecule has 2 aromatic rings. The molecule has 7 nitrogen and oxygen atoms in total. The molecule has 1 aromatic heterocycles. The fraction of sp³-hybridized carbons (Fsp3) is 0.429. The molecule has 1 aliphatic heterocycles. The van der Waals surface area contributed by atoms with Crippen LogP contribution in [-0.2, 0) is 32.5 Å². The molecule has 1 fully saturated rings. The van der Waals surface area contributed by atoms with Crippen molar-refractivity contribution in [2.45, 2.75) is 38.6 Å². The Balaban J connectivity index is 1.79. The van der Waals surface area contributed by atoms with Crippen molar-refractivity contribution in [1.29, 1.82) is 0 Å². The van der Waals surface area contributed by atoms with Crippen LogP contribution < -0.4 is 9.88 Å². The lowest BCUT2D eigenvalue weighted by atomic mass is 10.2. The Morgan fingerprint density at radius 2 is 1.90 bits per heavy atom. The Hall–Kier alpha value is -2.29. The van der Waals surface area contributed by atoms with Crippen LogP contribution >= 0.6 is 0 Å². The normalized spacial score (nSPS) is 15.3. The maximum atomic E-state index is 12.9. The number of anilines is 1. The molecular formula is C21H28N3O4S+. The van der Waals surface area contributed by atoms with Gasteiger partial charge < -0.3 is 10.1 Å². The van der Waals surface area contributed by atoms with Crippen LogP contribution in [0.1, 0.15) is 23.7 Å². The summed E-state index contributed by atoms with van der Waals surface area (Å²) >= 11 is 0. The molecule has 0 saturated carbocycles. The van der Waals surface area contributed by atoms with Gasteiger partial charge in [0.1, 0.15) is 0 Å². The number of hydrogen-bond acceptors (Lipinski definition) is 4. The molecule has 0 bridgehead atoms. The van der Waals surface area contributed by atoms with Crippen molar-refractivity contribution >= 4 is 21.6 Å². The summed E-state index contributed by atoms with van der Waals surface area (Å²) in [5.74, 6) is -0.199. The van der Waals surface area contributed by atoms with Crippen LogP contribution in [0.5, 0.6) is 0 Å². The quantitative estimate of drug-likeness (QED) is 0.726. The molecule has 156 valence electrons. The molecule has 0 atom stereocenters. The number of hydrogen-bond donors (Lipinski definition) is 1. The second-order valence-corrected chi connectivity index (χ2v) is 9.14. The predicted molar refractivity (Wildman–Crippen MR) is 110 cm³/mol. The first-order chi connectivity index (χ1) is 13.8. The number of nitrogens with zero attached hydrogens (tertiary/aromatic N) is 2. The lowest BCUT2D eigenvalue weighted by Crippen LogP contribution is -2.43. The summed E-state index contributed by atoms with van der Waals surface area (Å²) in [7, 11) is -3.61. The molecule has 0 unspecified atom stereocenters. The molecule has 8 heteroatoms. The molecule has 1 aliphatic rings. The highest BCUT2D eigenvalue weighted by molar-refractivity contribution is 7.89. The number of nitrogens with one attached hydrogen (secondary N) is 1. The molecule has 0 spiro atoms. The number of ether oxygens (including phenoxy) is 1. The molecule has 2 heterocycles. The number of morpholine rings is 1. The number of aryl methyl sites for hydroxylation is 3. The van der Waals surface area contributed by atoms with E-state index in [1.165, 1.54) is 10.4 Å². The molecular weight excluding hydrogens is 390 g/mol. The minimum absolute atomic E-state index is 0.166. The van der Waals surface area contributed by atoms with E-state index in [0.717, 1.165) is 23.2 Å². The van der Waals surface area contributed by atoms with Gasteiger partial charge in [0.15, 0.2) is 11.9 Å². The van der Waals surface area contributed by atoms with Gasteiger partial charge in [0, 0.05) is 37.3 Å². The number of carbonyl (C=O) groups is 1. The smallest absolute Gasteiger partial charge is 0.290 e. The van der Waals surface area contributed by atoms with Crippen LogP contribution in [0.2, 0.25) is 0 Å². The summed E-state index contributed by atoms with van der Waals surface area (Å²) < 4.78 is 34.4. The Morgan fingerprint density at radius 3 is 2.59 bits per heavy atom. The monoisotopic (exact) mass is 418 g/mol. The number of amides is 1. The molecule has 1 N–H and O–H groups in total. The predicted octanol–water partition coefficient (Wildman–Crippen LogP) is 1.81. The van der Waals surface area contributed by atoms with Crippen LogP contribution in [0, 0.1) is 13.8 Å². The second kappa shape index (κ2) is 9.02. The van der Waals surface area contributed by atoms with Crippen LogP contribution in [0.15, 0.2) is 41.4 Å². The highest BCUT2D eigenvalue weighted by Crippen LogP contribution is 2.23. The number of pyridine rings is 1. The van der Waals surface area contributed by atoms with Gasteiger partial charge >= 0.3 is 0 Å². The number of benzene rings is 1. The van der Waals surface area contributed by atoms with Crippen molar-refractivity contribution in [1.82, 2.24) is 4.31 Å². The SMILES string of the molecule is CCc1ccc(C)[n+](CC(=O)Nc2cc(S(=O)(=O)N3CCOCC3)ccc2C)c1. The zero-order valence-corrected chi connectivity index (χ0v) is 18.0. The van der Waals surface area contributed by atoms with Gasteiger partial charge in [0.2, 0.25) is 16.6 Å². The Morgan fingerprint density at radius 1 is 1.17 bits per heavy atom. The molecule has 1 saturated heterocycles. The lowest BCUT2D eigenvalue weighted by Gasteiger charge is -2.26. The highest BCUT2D eigenvalue weighted by Gasteiger charge is 2.27. The first-order valence-electron chi connectivity index (χ1n) is 9.78. The fourth-order valence-corrected chi connectivity index (χ4v) is 4.66. The van der Waals surface area contributed by atoms with Crippen molar-refractivity contribution in [3.8, 4) is 0 Å². The number of rotatable bonds is 6. The summed E-state index contributed by atoms with van der Waals surface area (Å²) in [6, 6.07) is 8.89. The third-order valence-electron chi connectivity index (χ3n) is 5.13. The fourth-order valence-electron chi connectivity index (χ4n) is 3.22. The summed E-state index contributed by atoms with van der Waals surface area (Å²) in [5, 5.41) is 2.87. The Kier molecular flexibility index (Phi) is 6.66. The maximum absolute atomic E-state index is 12.9. The zero-order valence-electron chi connectivity index (χ0n) is 17.1. The molecule has 3 rings (SSSR count). The van der Waals surface area contributed by atoms with E-state index >= 15 is 0 Å². The molecule has 1 amide bonds. The summed E-state index contributed by atoms with van der Waals surface area (Å²) in [4.78, 5) is 12.8. The Bertz CT molecular complexity index is 999. The van der Waals surface area contributed by atoms with Gasteiger partial charge in [-0.1, -0.05) is 13.0 Å². The molecule has 29 heavy (non-hydrogen) atoms. The first kappa shape index (κ1) is 21.4. The van der Waals surface area contributed by atoms with Gasteiger partial charge in [-0.15, -0.1) is 0 Å². The van der Waals surface area contributed by atoms with Crippen molar-refractivity contribution < 1.29 is 22.5 Å². The van der Waals surface area contributed by atoms with Crippen LogP contribution in [0.4, 0.5) is 5.69 Å². The highest BCUT2D eigenvalue weighted by atomic mass is 32.2. The van der Waals surface area contributed by atoms with Gasteiger partial charge in [-0.05, 0) is 37.1 Å². The van der Waals surface area contributed by atoms with Crippen LogP contribution in [0.3, 0.4) is 0 Å². The van der Waals surface area contributed by atoms with E-state index in [1.807, 2.05) is 36.7 Å². The molecule has 0 radical (unpaired) electrons. The van der Waals surface area contributed by atoms with Crippen molar-refractivity contribution in [3.05, 3.63) is 53.3 Å². The van der Waals surface area contributed by atoms with E-state index in [2.05, 4.69) is 12.2 Å². The second-order valence-electron chi connectivity index (χ2n) is 7.20. The average molecular weight is 419 g/mol. The van der Waals surface area contributed by atoms with E-state index in [-0.39, 0.29) is 17.3 Å². The minimum atomic E-state index is -3.61.